The summed E-state index contributed by atoms with van der Waals surface area (Å²) in [5.41, 5.74) is 7.74. The molecule has 0 bridgehead atoms. The van der Waals surface area contributed by atoms with E-state index in [9.17, 15) is 0 Å². The van der Waals surface area contributed by atoms with E-state index >= 15 is 0 Å². The highest BCUT2D eigenvalue weighted by Gasteiger charge is 2.12. The Hall–Kier alpha value is -1.59. The van der Waals surface area contributed by atoms with Crippen molar-refractivity contribution < 1.29 is 9.47 Å². The van der Waals surface area contributed by atoms with Crippen LogP contribution in [-0.2, 0) is 6.54 Å². The van der Waals surface area contributed by atoms with E-state index in [0.717, 1.165) is 32.6 Å². The van der Waals surface area contributed by atoms with Crippen LogP contribution in [0.3, 0.4) is 0 Å². The van der Waals surface area contributed by atoms with Gasteiger partial charge < -0.3 is 15.2 Å². The highest BCUT2D eigenvalue weighted by molar-refractivity contribution is 7.15. The van der Waals surface area contributed by atoms with Crippen LogP contribution in [0.25, 0.3) is 10.6 Å². The van der Waals surface area contributed by atoms with Crippen molar-refractivity contribution in [3.8, 4) is 22.1 Å². The topological polar surface area (TPSA) is 57.4 Å². The number of methoxy groups -OCH3 is 1. The minimum Gasteiger partial charge on any atom is -0.493 e. The predicted molar refractivity (Wildman–Crippen MR) is 87.1 cm³/mol. The van der Waals surface area contributed by atoms with Crippen LogP contribution in [0.5, 0.6) is 11.5 Å². The maximum absolute atomic E-state index is 5.77. The van der Waals surface area contributed by atoms with Crippen molar-refractivity contribution in [2.24, 2.45) is 11.7 Å². The number of thiazole rings is 1. The Labute approximate surface area is 129 Å². The molecule has 0 fully saturated rings. The van der Waals surface area contributed by atoms with Crippen LogP contribution in [0.1, 0.15) is 24.4 Å². The van der Waals surface area contributed by atoms with Crippen molar-refractivity contribution in [3.63, 3.8) is 0 Å². The quantitative estimate of drug-likeness (QED) is 0.885. The Morgan fingerprint density at radius 1 is 1.29 bits per heavy atom. The van der Waals surface area contributed by atoms with Crippen molar-refractivity contribution in [3.05, 3.63) is 28.8 Å². The second kappa shape index (κ2) is 6.91. The zero-order chi connectivity index (χ0) is 15.4. The normalized spacial score (nSPS) is 11.0. The summed E-state index contributed by atoms with van der Waals surface area (Å²) in [6.07, 6.45) is 0. The number of nitrogens with zero attached hydrogens (tertiary/aromatic N) is 1. The Bertz CT molecular complexity index is 608. The fourth-order valence-electron chi connectivity index (χ4n) is 1.92. The van der Waals surface area contributed by atoms with Crippen molar-refractivity contribution in [1.29, 1.82) is 0 Å². The molecule has 2 rings (SSSR count). The third-order valence-corrected chi connectivity index (χ3v) is 4.29. The fraction of sp³-hybridized carbons (Fsp3) is 0.438. The summed E-state index contributed by atoms with van der Waals surface area (Å²) in [7, 11) is 1.65. The molecule has 0 amide bonds. The smallest absolute Gasteiger partial charge is 0.161 e. The lowest BCUT2D eigenvalue weighted by atomic mass is 10.2. The van der Waals surface area contributed by atoms with Gasteiger partial charge in [-0.2, -0.15) is 0 Å². The molecule has 4 nitrogen and oxygen atoms in total. The molecule has 1 aromatic carbocycles. The molecule has 0 radical (unpaired) electrons. The van der Waals surface area contributed by atoms with Gasteiger partial charge >= 0.3 is 0 Å². The van der Waals surface area contributed by atoms with Crippen LogP contribution < -0.4 is 15.2 Å². The number of hydrogen-bond donors (Lipinski definition) is 1. The number of hydrogen-bond acceptors (Lipinski definition) is 5. The van der Waals surface area contributed by atoms with Gasteiger partial charge in [-0.1, -0.05) is 13.8 Å². The van der Waals surface area contributed by atoms with Gasteiger partial charge in [-0.05, 0) is 31.0 Å². The molecule has 0 saturated carbocycles. The zero-order valence-electron chi connectivity index (χ0n) is 13.0. The molecular formula is C16H22N2O2S. The number of aryl methyl sites for hydroxylation is 1. The number of nitrogens with two attached hydrogens (primary N) is 1. The Balaban J connectivity index is 2.29. The van der Waals surface area contributed by atoms with Crippen LogP contribution >= 0.6 is 11.3 Å². The van der Waals surface area contributed by atoms with Crippen molar-refractivity contribution in [1.82, 2.24) is 4.98 Å². The third-order valence-electron chi connectivity index (χ3n) is 3.06. The summed E-state index contributed by atoms with van der Waals surface area (Å²) in [6, 6.07) is 5.92. The lowest BCUT2D eigenvalue weighted by molar-refractivity contribution is 0.257. The lowest BCUT2D eigenvalue weighted by Crippen LogP contribution is -2.05. The summed E-state index contributed by atoms with van der Waals surface area (Å²) in [5, 5.41) is 0.960. The van der Waals surface area contributed by atoms with E-state index in [1.54, 1.807) is 18.4 Å². The lowest BCUT2D eigenvalue weighted by Gasteiger charge is -2.13. The second-order valence-electron chi connectivity index (χ2n) is 5.30. The first-order valence-corrected chi connectivity index (χ1v) is 7.84. The van der Waals surface area contributed by atoms with E-state index < -0.39 is 0 Å². The van der Waals surface area contributed by atoms with Gasteiger partial charge in [-0.25, -0.2) is 4.98 Å². The zero-order valence-corrected chi connectivity index (χ0v) is 13.8. The van der Waals surface area contributed by atoms with Crippen LogP contribution in [0.2, 0.25) is 0 Å². The predicted octanol–water partition coefficient (Wildman–Crippen LogP) is 3.62. The Morgan fingerprint density at radius 2 is 2.05 bits per heavy atom. The molecule has 0 aliphatic heterocycles. The average molecular weight is 306 g/mol. The van der Waals surface area contributed by atoms with Crippen LogP contribution in [0.15, 0.2) is 18.2 Å². The molecule has 0 spiro atoms. The minimum absolute atomic E-state index is 0.475. The van der Waals surface area contributed by atoms with Crippen LogP contribution in [0.4, 0.5) is 0 Å². The van der Waals surface area contributed by atoms with E-state index in [4.69, 9.17) is 15.2 Å². The molecule has 114 valence electrons. The van der Waals surface area contributed by atoms with Gasteiger partial charge in [-0.3, -0.25) is 0 Å². The summed E-state index contributed by atoms with van der Waals surface area (Å²) in [5.74, 6) is 1.97. The molecule has 21 heavy (non-hydrogen) atoms. The molecule has 0 aliphatic carbocycles. The number of ether oxygens (including phenoxy) is 2. The summed E-state index contributed by atoms with van der Waals surface area (Å²) in [6.45, 7) is 7.42. The number of benzene rings is 1. The fourth-order valence-corrected chi connectivity index (χ4v) is 2.85. The van der Waals surface area contributed by atoms with Gasteiger partial charge in [0, 0.05) is 17.0 Å². The highest BCUT2D eigenvalue weighted by atomic mass is 32.1. The summed E-state index contributed by atoms with van der Waals surface area (Å²) >= 11 is 1.62. The van der Waals surface area contributed by atoms with Crippen LogP contribution in [0, 0.1) is 12.8 Å². The molecule has 5 heteroatoms. The maximum atomic E-state index is 5.77. The van der Waals surface area contributed by atoms with Crippen molar-refractivity contribution in [2.75, 3.05) is 13.7 Å². The average Bonchev–Trinajstić information content (AvgIpc) is 2.86. The van der Waals surface area contributed by atoms with E-state index in [1.807, 2.05) is 25.1 Å². The summed E-state index contributed by atoms with van der Waals surface area (Å²) in [4.78, 5) is 5.69. The molecule has 0 atom stereocenters. The molecule has 0 aliphatic rings. The van der Waals surface area contributed by atoms with Gasteiger partial charge in [0.05, 0.1) is 19.4 Å². The number of aromatic nitrogens is 1. The molecule has 0 saturated heterocycles. The van der Waals surface area contributed by atoms with Gasteiger partial charge in [0.25, 0.3) is 0 Å². The van der Waals surface area contributed by atoms with Gasteiger partial charge in [-0.15, -0.1) is 11.3 Å². The van der Waals surface area contributed by atoms with E-state index in [0.29, 0.717) is 19.1 Å². The first-order chi connectivity index (χ1) is 10.0. The molecule has 2 aromatic rings. The molecule has 2 N–H and O–H groups in total. The largest absolute Gasteiger partial charge is 0.493 e. The van der Waals surface area contributed by atoms with Crippen LogP contribution in [-0.4, -0.2) is 18.7 Å². The molecule has 1 heterocycles. The third kappa shape index (κ3) is 3.74. The maximum Gasteiger partial charge on any atom is 0.161 e. The van der Waals surface area contributed by atoms with E-state index in [2.05, 4.69) is 18.8 Å². The minimum atomic E-state index is 0.475. The first kappa shape index (κ1) is 15.8. The highest BCUT2D eigenvalue weighted by Crippen LogP contribution is 2.35. The summed E-state index contributed by atoms with van der Waals surface area (Å²) < 4.78 is 11.2. The van der Waals surface area contributed by atoms with Gasteiger partial charge in [0.15, 0.2) is 11.5 Å². The van der Waals surface area contributed by atoms with Crippen molar-refractivity contribution in [2.45, 2.75) is 27.3 Å². The number of rotatable bonds is 6. The Kier molecular flexibility index (Phi) is 5.20. The van der Waals surface area contributed by atoms with Gasteiger partial charge in [0.2, 0.25) is 0 Å². The second-order valence-corrected chi connectivity index (χ2v) is 6.39. The molecule has 1 aromatic heterocycles. The first-order valence-electron chi connectivity index (χ1n) is 7.02. The van der Waals surface area contributed by atoms with Crippen molar-refractivity contribution >= 4 is 11.3 Å². The molecule has 0 unspecified atom stereocenters. The van der Waals surface area contributed by atoms with Gasteiger partial charge in [0.1, 0.15) is 5.01 Å². The van der Waals surface area contributed by atoms with E-state index in [1.165, 1.54) is 0 Å². The Morgan fingerprint density at radius 3 is 2.62 bits per heavy atom. The molecular weight excluding hydrogens is 284 g/mol. The monoisotopic (exact) mass is 306 g/mol. The SMILES string of the molecule is COc1cc(-c2nc(C)c(CN)s2)ccc1OCC(C)C. The standard InChI is InChI=1S/C16H22N2O2S/c1-10(2)9-20-13-6-5-12(7-14(13)19-4)16-18-11(3)15(8-17)21-16/h5-7,10H,8-9,17H2,1-4H3. The van der Waals surface area contributed by atoms with E-state index in [-0.39, 0.29) is 0 Å².